The van der Waals surface area contributed by atoms with Gasteiger partial charge < -0.3 is 5.11 Å². The highest BCUT2D eigenvalue weighted by molar-refractivity contribution is 9.10. The van der Waals surface area contributed by atoms with E-state index in [1.165, 1.54) is 0 Å². The Labute approximate surface area is 93.1 Å². The Morgan fingerprint density at radius 1 is 1.43 bits per heavy atom. The van der Waals surface area contributed by atoms with E-state index >= 15 is 0 Å². The molecule has 0 amide bonds. The number of hydrogen-bond donors (Lipinski definition) is 1. The summed E-state index contributed by atoms with van der Waals surface area (Å²) in [6, 6.07) is 3.24. The molecule has 0 radical (unpaired) electrons. The van der Waals surface area contributed by atoms with Crippen LogP contribution in [-0.4, -0.2) is 11.8 Å². The fraction of sp³-hybridized carbons (Fsp3) is 0.182. The second-order valence-corrected chi connectivity index (χ2v) is 2.99. The first kappa shape index (κ1) is 12.9. The minimum atomic E-state index is 0.178. The van der Waals surface area contributed by atoms with Gasteiger partial charge in [0.15, 0.2) is 0 Å². The van der Waals surface area contributed by atoms with E-state index in [0.29, 0.717) is 10.2 Å². The summed E-state index contributed by atoms with van der Waals surface area (Å²) in [7, 11) is 0. The van der Waals surface area contributed by atoms with Crippen LogP contribution in [-0.2, 0) is 0 Å². The van der Waals surface area contributed by atoms with Gasteiger partial charge in [-0.1, -0.05) is 26.5 Å². The van der Waals surface area contributed by atoms with Crippen molar-refractivity contribution >= 4 is 34.4 Å². The van der Waals surface area contributed by atoms with Gasteiger partial charge in [0.25, 0.3) is 0 Å². The molecule has 0 aliphatic heterocycles. The Hall–Kier alpha value is -1.09. The van der Waals surface area contributed by atoms with Gasteiger partial charge in [-0.05, 0) is 34.8 Å². The number of hydrogen-bond acceptors (Lipinski definition) is 2. The molecule has 0 saturated heterocycles. The molecule has 1 aromatic rings. The predicted molar refractivity (Wildman–Crippen MR) is 66.5 cm³/mol. The van der Waals surface area contributed by atoms with Crippen LogP contribution < -0.4 is 0 Å². The lowest BCUT2D eigenvalue weighted by molar-refractivity contribution is 0.472. The second-order valence-electron chi connectivity index (χ2n) is 2.19. The van der Waals surface area contributed by atoms with E-state index in [4.69, 9.17) is 0 Å². The number of phenolic OH excluding ortho intramolecular Hbond substituents is 1. The third kappa shape index (κ3) is 2.70. The van der Waals surface area contributed by atoms with E-state index in [1.807, 2.05) is 13.8 Å². The third-order valence-corrected chi connectivity index (χ3v) is 2.34. The molecule has 0 spiro atoms. The van der Waals surface area contributed by atoms with Crippen molar-refractivity contribution in [1.82, 2.24) is 0 Å². The lowest BCUT2D eigenvalue weighted by Crippen LogP contribution is -1.77. The molecule has 0 aliphatic rings. The molecule has 0 fully saturated rings. The lowest BCUT2D eigenvalue weighted by atomic mass is 10.1. The molecular formula is C11H14BrNO. The van der Waals surface area contributed by atoms with Crippen molar-refractivity contribution in [2.45, 2.75) is 13.8 Å². The first-order chi connectivity index (χ1) is 6.70. The fourth-order valence-corrected chi connectivity index (χ4v) is 1.40. The average Bonchev–Trinajstić information content (AvgIpc) is 2.24. The second kappa shape index (κ2) is 6.38. The maximum absolute atomic E-state index is 9.29. The Morgan fingerprint density at radius 3 is 2.43 bits per heavy atom. The van der Waals surface area contributed by atoms with Crippen molar-refractivity contribution in [3.63, 3.8) is 0 Å². The monoisotopic (exact) mass is 255 g/mol. The molecule has 0 unspecified atom stereocenters. The maximum Gasteiger partial charge on any atom is 0.130 e. The smallest absolute Gasteiger partial charge is 0.130 e. The summed E-state index contributed by atoms with van der Waals surface area (Å²) in [5.74, 6) is 0.178. The number of benzene rings is 1. The van der Waals surface area contributed by atoms with Crippen LogP contribution in [0.5, 0.6) is 5.75 Å². The van der Waals surface area contributed by atoms with Crippen LogP contribution in [0.15, 0.2) is 28.2 Å². The van der Waals surface area contributed by atoms with E-state index in [0.717, 1.165) is 5.56 Å². The van der Waals surface area contributed by atoms with Crippen LogP contribution >= 0.6 is 15.9 Å². The van der Waals surface area contributed by atoms with Gasteiger partial charge in [-0.3, -0.25) is 4.99 Å². The number of nitrogens with zero attached hydrogens (tertiary/aromatic N) is 1. The van der Waals surface area contributed by atoms with Gasteiger partial charge in [0, 0.05) is 5.56 Å². The quantitative estimate of drug-likeness (QED) is 0.792. The lowest BCUT2D eigenvalue weighted by Gasteiger charge is -2.04. The molecule has 3 heteroatoms. The molecule has 2 nitrogen and oxygen atoms in total. The van der Waals surface area contributed by atoms with E-state index in [1.54, 1.807) is 18.2 Å². The number of halogens is 1. The summed E-state index contributed by atoms with van der Waals surface area (Å²) in [6.45, 7) is 11.0. The highest BCUT2D eigenvalue weighted by Crippen LogP contribution is 2.34. The number of rotatable bonds is 2. The summed E-state index contributed by atoms with van der Waals surface area (Å²) < 4.78 is 0.599. The van der Waals surface area contributed by atoms with E-state index < -0.39 is 0 Å². The van der Waals surface area contributed by atoms with E-state index in [-0.39, 0.29) is 5.75 Å². The zero-order chi connectivity index (χ0) is 11.1. The Morgan fingerprint density at radius 2 is 2.00 bits per heavy atom. The average molecular weight is 256 g/mol. The molecule has 14 heavy (non-hydrogen) atoms. The number of aromatic hydroxyl groups is 1. The molecule has 0 aromatic heterocycles. The zero-order valence-corrected chi connectivity index (χ0v) is 10.0. The van der Waals surface area contributed by atoms with Crippen LogP contribution in [0.1, 0.15) is 19.4 Å². The van der Waals surface area contributed by atoms with Crippen LogP contribution in [0.4, 0.5) is 5.69 Å². The minimum Gasteiger partial charge on any atom is -0.507 e. The molecule has 1 aromatic carbocycles. The predicted octanol–water partition coefficient (Wildman–Crippen LogP) is 4.16. The Balaban J connectivity index is 0.000000791. The Kier molecular flexibility index (Phi) is 5.88. The third-order valence-electron chi connectivity index (χ3n) is 1.51. The van der Waals surface area contributed by atoms with Gasteiger partial charge >= 0.3 is 0 Å². The highest BCUT2D eigenvalue weighted by Gasteiger charge is 2.05. The highest BCUT2D eigenvalue weighted by atomic mass is 79.9. The van der Waals surface area contributed by atoms with Gasteiger partial charge in [-0.15, -0.1) is 0 Å². The molecule has 0 aliphatic carbocycles. The molecule has 76 valence electrons. The fourth-order valence-electron chi connectivity index (χ4n) is 0.903. The van der Waals surface area contributed by atoms with Crippen LogP contribution in [0.3, 0.4) is 0 Å². The SMILES string of the molecule is C=Cc1c(N=C)ccc(O)c1Br.CC. The maximum atomic E-state index is 9.29. The van der Waals surface area contributed by atoms with Crippen molar-refractivity contribution in [2.75, 3.05) is 0 Å². The number of aliphatic imine (C=N–C) groups is 1. The normalized spacial score (nSPS) is 8.50. The van der Waals surface area contributed by atoms with Gasteiger partial charge in [-0.25, -0.2) is 0 Å². The topological polar surface area (TPSA) is 32.6 Å². The van der Waals surface area contributed by atoms with Crippen molar-refractivity contribution in [3.05, 3.63) is 28.7 Å². The minimum absolute atomic E-state index is 0.178. The van der Waals surface area contributed by atoms with Crippen molar-refractivity contribution < 1.29 is 5.11 Å². The summed E-state index contributed by atoms with van der Waals surface area (Å²) in [4.78, 5) is 3.78. The van der Waals surface area contributed by atoms with Crippen molar-refractivity contribution in [1.29, 1.82) is 0 Å². The number of phenols is 1. The van der Waals surface area contributed by atoms with Gasteiger partial charge in [0.05, 0.1) is 10.2 Å². The van der Waals surface area contributed by atoms with E-state index in [2.05, 4.69) is 34.2 Å². The summed E-state index contributed by atoms with van der Waals surface area (Å²) in [5, 5.41) is 9.29. The van der Waals surface area contributed by atoms with Crippen LogP contribution in [0.2, 0.25) is 0 Å². The van der Waals surface area contributed by atoms with Gasteiger partial charge in [0.1, 0.15) is 5.75 Å². The van der Waals surface area contributed by atoms with Gasteiger partial charge in [-0.2, -0.15) is 0 Å². The molecule has 0 heterocycles. The summed E-state index contributed by atoms with van der Waals surface area (Å²) in [6.07, 6.45) is 1.62. The van der Waals surface area contributed by atoms with Gasteiger partial charge in [0.2, 0.25) is 0 Å². The van der Waals surface area contributed by atoms with Crippen LogP contribution in [0.25, 0.3) is 6.08 Å². The molecule has 1 rings (SSSR count). The van der Waals surface area contributed by atoms with Crippen LogP contribution in [0, 0.1) is 0 Å². The zero-order valence-electron chi connectivity index (χ0n) is 8.42. The molecule has 0 saturated carbocycles. The Bertz CT molecular complexity index is 334. The standard InChI is InChI=1S/C9H8BrNO.C2H6/c1-3-6-7(11-2)4-5-8(12)9(6)10;1-2/h3-5,12H,1-2H2;1-2H3. The summed E-state index contributed by atoms with van der Waals surface area (Å²) >= 11 is 3.22. The van der Waals surface area contributed by atoms with Crippen molar-refractivity contribution in [2.24, 2.45) is 4.99 Å². The first-order valence-electron chi connectivity index (χ1n) is 4.31. The molecule has 0 atom stereocenters. The van der Waals surface area contributed by atoms with E-state index in [9.17, 15) is 5.11 Å². The molecule has 1 N–H and O–H groups in total. The molecular weight excluding hydrogens is 242 g/mol. The first-order valence-corrected chi connectivity index (χ1v) is 5.10. The molecule has 0 bridgehead atoms. The largest absolute Gasteiger partial charge is 0.507 e. The summed E-state index contributed by atoms with van der Waals surface area (Å²) in [5.41, 5.74) is 1.46. The van der Waals surface area contributed by atoms with Crippen molar-refractivity contribution in [3.8, 4) is 5.75 Å².